The molecule has 6 heteroatoms. The number of hydrogen-bond donors (Lipinski definition) is 2. The molecule has 0 spiro atoms. The Bertz CT molecular complexity index is 713. The normalized spacial score (nSPS) is 16.0. The molecule has 6 nitrogen and oxygen atoms in total. The highest BCUT2D eigenvalue weighted by molar-refractivity contribution is 5.90. The van der Waals surface area contributed by atoms with Crippen LogP contribution < -0.4 is 11.0 Å². The zero-order valence-electron chi connectivity index (χ0n) is 12.6. The molecule has 0 saturated heterocycles. The number of rotatable bonds is 5. The highest BCUT2D eigenvalue weighted by Crippen LogP contribution is 2.43. The van der Waals surface area contributed by atoms with Crippen molar-refractivity contribution >= 4 is 5.91 Å². The van der Waals surface area contributed by atoms with Gasteiger partial charge in [0.25, 0.3) is 5.91 Å². The molecule has 2 aromatic rings. The quantitative estimate of drug-likeness (QED) is 0.872. The molecule has 1 aliphatic rings. The molecule has 0 atom stereocenters. The van der Waals surface area contributed by atoms with Crippen molar-refractivity contribution in [3.63, 3.8) is 0 Å². The van der Waals surface area contributed by atoms with Gasteiger partial charge in [-0.15, -0.1) is 5.10 Å². The summed E-state index contributed by atoms with van der Waals surface area (Å²) in [5.74, 6) is -0.251. The van der Waals surface area contributed by atoms with Crippen molar-refractivity contribution in [2.75, 3.05) is 6.54 Å². The van der Waals surface area contributed by atoms with Gasteiger partial charge in [-0.3, -0.25) is 9.78 Å². The first-order valence-corrected chi connectivity index (χ1v) is 7.53. The molecule has 22 heavy (non-hydrogen) atoms. The third-order valence-corrected chi connectivity index (χ3v) is 4.44. The van der Waals surface area contributed by atoms with Crippen molar-refractivity contribution in [3.05, 3.63) is 52.2 Å². The largest absolute Gasteiger partial charge is 0.349 e. The van der Waals surface area contributed by atoms with Crippen molar-refractivity contribution in [2.45, 2.75) is 25.7 Å². The monoisotopic (exact) mass is 300 g/mol. The Hall–Kier alpha value is -2.37. The van der Waals surface area contributed by atoms with E-state index in [1.165, 1.54) is 19.0 Å². The Morgan fingerprint density at radius 3 is 2.64 bits per heavy atom. The molecule has 3 rings (SSSR count). The van der Waals surface area contributed by atoms with Gasteiger partial charge in [0.2, 0.25) is 5.82 Å². The van der Waals surface area contributed by atoms with Gasteiger partial charge in [-0.1, -0.05) is 36.8 Å². The van der Waals surface area contributed by atoms with Gasteiger partial charge in [-0.2, -0.15) is 0 Å². The highest BCUT2D eigenvalue weighted by atomic mass is 16.2. The van der Waals surface area contributed by atoms with E-state index in [4.69, 9.17) is 0 Å². The maximum absolute atomic E-state index is 12.1. The number of aromatic amines is 1. The average molecular weight is 300 g/mol. The summed E-state index contributed by atoms with van der Waals surface area (Å²) in [5.41, 5.74) is 1.04. The van der Waals surface area contributed by atoms with Gasteiger partial charge in [0.1, 0.15) is 0 Å². The average Bonchev–Trinajstić information content (AvgIpc) is 2.82. The second-order valence-corrected chi connectivity index (χ2v) is 6.10. The third-order valence-electron chi connectivity index (χ3n) is 4.44. The van der Waals surface area contributed by atoms with Crippen LogP contribution in [0.2, 0.25) is 0 Å². The van der Waals surface area contributed by atoms with Gasteiger partial charge < -0.3 is 5.32 Å². The molecule has 0 aliphatic heterocycles. The molecule has 0 unspecified atom stereocenters. The zero-order chi connectivity index (χ0) is 15.6. The Morgan fingerprint density at radius 1 is 1.36 bits per heavy atom. The maximum Gasteiger partial charge on any atom is 0.343 e. The summed E-state index contributed by atoms with van der Waals surface area (Å²) in [4.78, 5) is 25.9. The molecule has 2 N–H and O–H groups in total. The number of carbonyl (C=O) groups is 1. The van der Waals surface area contributed by atoms with Crippen molar-refractivity contribution in [1.82, 2.24) is 20.1 Å². The topological polar surface area (TPSA) is 79.8 Å². The Kier molecular flexibility index (Phi) is 3.83. The molecule has 1 aromatic carbocycles. The van der Waals surface area contributed by atoms with Crippen LogP contribution >= 0.6 is 0 Å². The van der Waals surface area contributed by atoms with Crippen LogP contribution in [0.3, 0.4) is 0 Å². The summed E-state index contributed by atoms with van der Waals surface area (Å²) in [6, 6.07) is 10.3. The molecule has 0 radical (unpaired) electrons. The van der Waals surface area contributed by atoms with Crippen LogP contribution in [0.15, 0.2) is 35.1 Å². The number of aryl methyl sites for hydroxylation is 1. The predicted molar refractivity (Wildman–Crippen MR) is 82.6 cm³/mol. The standard InChI is InChI=1S/C16H20N4O2/c1-20-15(22)18-13(19-20)14(21)17-11-16(8-5-9-16)10-12-6-3-2-4-7-12/h2-4,6-7H,5,8-11H2,1H3,(H,17,21)(H,18,19,22). The number of hydrogen-bond acceptors (Lipinski definition) is 3. The summed E-state index contributed by atoms with van der Waals surface area (Å²) in [6.45, 7) is 0.610. The Balaban J connectivity index is 1.63. The number of nitrogens with one attached hydrogen (secondary N) is 2. The summed E-state index contributed by atoms with van der Waals surface area (Å²) in [6.07, 6.45) is 4.39. The number of amides is 1. The Morgan fingerprint density at radius 2 is 2.09 bits per heavy atom. The van der Waals surface area contributed by atoms with Crippen molar-refractivity contribution in [2.24, 2.45) is 12.5 Å². The molecule has 116 valence electrons. The number of carbonyl (C=O) groups excluding carboxylic acids is 1. The zero-order valence-corrected chi connectivity index (χ0v) is 12.6. The van der Waals surface area contributed by atoms with Gasteiger partial charge in [-0.25, -0.2) is 9.48 Å². The highest BCUT2D eigenvalue weighted by Gasteiger charge is 2.37. The summed E-state index contributed by atoms with van der Waals surface area (Å²) in [5, 5.41) is 6.79. The van der Waals surface area contributed by atoms with Gasteiger partial charge >= 0.3 is 5.69 Å². The van der Waals surface area contributed by atoms with E-state index in [0.717, 1.165) is 23.9 Å². The number of nitrogens with zero attached hydrogens (tertiary/aromatic N) is 2. The van der Waals surface area contributed by atoms with Crippen LogP contribution in [-0.4, -0.2) is 27.2 Å². The second kappa shape index (κ2) is 5.79. The van der Waals surface area contributed by atoms with E-state index in [-0.39, 0.29) is 22.8 Å². The van der Waals surface area contributed by atoms with E-state index < -0.39 is 0 Å². The van der Waals surface area contributed by atoms with E-state index in [1.54, 1.807) is 0 Å². The van der Waals surface area contributed by atoms with Gasteiger partial charge in [-0.05, 0) is 30.2 Å². The summed E-state index contributed by atoms with van der Waals surface area (Å²) in [7, 11) is 1.51. The molecule has 1 aromatic heterocycles. The number of aromatic nitrogens is 3. The van der Waals surface area contributed by atoms with Crippen LogP contribution in [0.4, 0.5) is 0 Å². The molecular formula is C16H20N4O2. The lowest BCUT2D eigenvalue weighted by molar-refractivity contribution is 0.0850. The smallest absolute Gasteiger partial charge is 0.343 e. The maximum atomic E-state index is 12.1. The summed E-state index contributed by atoms with van der Waals surface area (Å²) < 4.78 is 1.12. The first-order valence-electron chi connectivity index (χ1n) is 7.53. The van der Waals surface area contributed by atoms with E-state index in [2.05, 4.69) is 27.5 Å². The van der Waals surface area contributed by atoms with E-state index >= 15 is 0 Å². The third kappa shape index (κ3) is 2.95. The van der Waals surface area contributed by atoms with Gasteiger partial charge in [0.05, 0.1) is 0 Å². The number of H-pyrrole nitrogens is 1. The van der Waals surface area contributed by atoms with E-state index in [1.807, 2.05) is 18.2 Å². The van der Waals surface area contributed by atoms with Crippen LogP contribution in [0.5, 0.6) is 0 Å². The first kappa shape index (κ1) is 14.6. The lowest BCUT2D eigenvalue weighted by Crippen LogP contribution is -2.44. The lowest BCUT2D eigenvalue weighted by Gasteiger charge is -2.42. The van der Waals surface area contributed by atoms with Crippen molar-refractivity contribution < 1.29 is 4.79 Å². The SMILES string of the molecule is Cn1nc(C(=O)NCC2(Cc3ccccc3)CCC2)[nH]c1=O. The summed E-state index contributed by atoms with van der Waals surface area (Å²) >= 11 is 0. The van der Waals surface area contributed by atoms with Gasteiger partial charge in [0.15, 0.2) is 0 Å². The second-order valence-electron chi connectivity index (χ2n) is 6.10. The van der Waals surface area contributed by atoms with Crippen LogP contribution in [-0.2, 0) is 13.5 Å². The molecule has 0 bridgehead atoms. The number of benzene rings is 1. The fraction of sp³-hybridized carbons (Fsp3) is 0.438. The van der Waals surface area contributed by atoms with Crippen LogP contribution in [0, 0.1) is 5.41 Å². The fourth-order valence-electron chi connectivity index (χ4n) is 2.98. The predicted octanol–water partition coefficient (Wildman–Crippen LogP) is 1.25. The van der Waals surface area contributed by atoms with E-state index in [0.29, 0.717) is 6.54 Å². The molecule has 1 aliphatic carbocycles. The molecule has 1 heterocycles. The van der Waals surface area contributed by atoms with Crippen molar-refractivity contribution in [1.29, 1.82) is 0 Å². The molecule has 1 saturated carbocycles. The molecular weight excluding hydrogens is 280 g/mol. The minimum Gasteiger partial charge on any atom is -0.349 e. The first-order chi connectivity index (χ1) is 10.6. The van der Waals surface area contributed by atoms with E-state index in [9.17, 15) is 9.59 Å². The molecule has 1 amide bonds. The lowest BCUT2D eigenvalue weighted by atomic mass is 9.65. The minimum atomic E-state index is -0.382. The van der Waals surface area contributed by atoms with Crippen molar-refractivity contribution in [3.8, 4) is 0 Å². The van der Waals surface area contributed by atoms with Crippen LogP contribution in [0.25, 0.3) is 0 Å². The Labute approximate surface area is 128 Å². The van der Waals surface area contributed by atoms with Crippen LogP contribution in [0.1, 0.15) is 35.4 Å². The molecule has 1 fully saturated rings. The van der Waals surface area contributed by atoms with Gasteiger partial charge in [0, 0.05) is 13.6 Å². The fourth-order valence-corrected chi connectivity index (χ4v) is 2.98. The minimum absolute atomic E-state index is 0.0710.